The van der Waals surface area contributed by atoms with E-state index in [4.69, 9.17) is 9.47 Å². The Kier molecular flexibility index (Phi) is 9.90. The van der Waals surface area contributed by atoms with Gasteiger partial charge in [0.15, 0.2) is 0 Å². The number of likely N-dealkylation sites (tertiary alicyclic amines) is 1. The molecule has 1 fully saturated rings. The third kappa shape index (κ3) is 8.53. The van der Waals surface area contributed by atoms with Crippen LogP contribution >= 0.6 is 0 Å². The fourth-order valence-electron chi connectivity index (χ4n) is 5.03. The average molecular weight is 501 g/mol. The van der Waals surface area contributed by atoms with E-state index in [0.717, 1.165) is 37.7 Å². The minimum Gasteiger partial charge on any atom is -0.491 e. The summed E-state index contributed by atoms with van der Waals surface area (Å²) < 4.78 is 11.9. The van der Waals surface area contributed by atoms with Crippen molar-refractivity contribution in [1.82, 2.24) is 4.90 Å². The quantitative estimate of drug-likeness (QED) is 0.256. The molecule has 0 N–H and O–H groups in total. The van der Waals surface area contributed by atoms with Crippen molar-refractivity contribution >= 4 is 5.69 Å². The molecule has 1 aliphatic rings. The number of hydrogen-bond acceptors (Lipinski definition) is 4. The summed E-state index contributed by atoms with van der Waals surface area (Å²) in [6, 6.07) is 28.2. The van der Waals surface area contributed by atoms with Crippen molar-refractivity contribution < 1.29 is 9.47 Å². The van der Waals surface area contributed by atoms with E-state index in [1.165, 1.54) is 36.1 Å². The van der Waals surface area contributed by atoms with Gasteiger partial charge in [0.2, 0.25) is 0 Å². The molecule has 4 rings (SSSR count). The van der Waals surface area contributed by atoms with Crippen molar-refractivity contribution in [1.29, 1.82) is 0 Å². The average Bonchev–Trinajstić information content (AvgIpc) is 2.90. The van der Waals surface area contributed by atoms with Crippen molar-refractivity contribution in [2.24, 2.45) is 5.92 Å². The van der Waals surface area contributed by atoms with Crippen LogP contribution in [0.4, 0.5) is 5.69 Å². The summed E-state index contributed by atoms with van der Waals surface area (Å²) in [5, 5.41) is 0. The van der Waals surface area contributed by atoms with Crippen LogP contribution in [0.25, 0.3) is 0 Å². The van der Waals surface area contributed by atoms with E-state index in [1.54, 1.807) is 0 Å². The summed E-state index contributed by atoms with van der Waals surface area (Å²) in [6.45, 7) is 13.7. The highest BCUT2D eigenvalue weighted by molar-refractivity contribution is 5.50. The molecule has 0 radical (unpaired) electrons. The lowest BCUT2D eigenvalue weighted by Crippen LogP contribution is -2.48. The molecule has 1 aliphatic heterocycles. The van der Waals surface area contributed by atoms with E-state index in [9.17, 15) is 0 Å². The van der Waals surface area contributed by atoms with Crippen molar-refractivity contribution in [2.75, 3.05) is 24.5 Å². The molecule has 3 aromatic carbocycles. The predicted octanol–water partition coefficient (Wildman–Crippen LogP) is 7.57. The van der Waals surface area contributed by atoms with Crippen LogP contribution in [0.15, 0.2) is 78.9 Å². The van der Waals surface area contributed by atoms with Crippen LogP contribution in [0, 0.1) is 5.92 Å². The van der Waals surface area contributed by atoms with Gasteiger partial charge in [-0.2, -0.15) is 0 Å². The summed E-state index contributed by atoms with van der Waals surface area (Å²) in [5.74, 6) is 2.56. The lowest BCUT2D eigenvalue weighted by atomic mass is 10.0. The zero-order chi connectivity index (χ0) is 26.0. The second-order valence-electron chi connectivity index (χ2n) is 11.0. The van der Waals surface area contributed by atoms with Crippen molar-refractivity contribution in [3.05, 3.63) is 90.0 Å². The molecular weight excluding hydrogens is 456 g/mol. The van der Waals surface area contributed by atoms with Gasteiger partial charge < -0.3 is 14.4 Å². The van der Waals surface area contributed by atoms with Gasteiger partial charge in [-0.15, -0.1) is 0 Å². The Morgan fingerprint density at radius 3 is 2.22 bits per heavy atom. The Morgan fingerprint density at radius 2 is 1.54 bits per heavy atom. The number of benzene rings is 3. The SMILES string of the molecule is CC(C)CCN(c1ccc(OCc2ccccc2)cc1)C1CCCN(Cc2ccc(OC(C)C)cc2)C1. The molecule has 0 aromatic heterocycles. The van der Waals surface area contributed by atoms with E-state index in [-0.39, 0.29) is 6.10 Å². The van der Waals surface area contributed by atoms with Gasteiger partial charge in [0.1, 0.15) is 18.1 Å². The van der Waals surface area contributed by atoms with Crippen LogP contribution in [-0.4, -0.2) is 36.7 Å². The highest BCUT2D eigenvalue weighted by Gasteiger charge is 2.26. The number of hydrogen-bond donors (Lipinski definition) is 0. The minimum atomic E-state index is 0.204. The Hall–Kier alpha value is -2.98. The lowest BCUT2D eigenvalue weighted by molar-refractivity contribution is 0.195. The highest BCUT2D eigenvalue weighted by Crippen LogP contribution is 2.27. The molecule has 0 aliphatic carbocycles. The summed E-state index contributed by atoms with van der Waals surface area (Å²) in [4.78, 5) is 5.26. The maximum absolute atomic E-state index is 6.05. The van der Waals surface area contributed by atoms with Crippen LogP contribution in [0.2, 0.25) is 0 Å². The summed E-state index contributed by atoms with van der Waals surface area (Å²) in [7, 11) is 0. The Balaban J connectivity index is 1.39. The van der Waals surface area contributed by atoms with Gasteiger partial charge >= 0.3 is 0 Å². The second kappa shape index (κ2) is 13.5. The molecule has 1 saturated heterocycles. The number of piperidine rings is 1. The molecular formula is C33H44N2O2. The molecule has 37 heavy (non-hydrogen) atoms. The second-order valence-corrected chi connectivity index (χ2v) is 11.0. The third-order valence-corrected chi connectivity index (χ3v) is 6.99. The number of anilines is 1. The van der Waals surface area contributed by atoms with Gasteiger partial charge in [0, 0.05) is 31.4 Å². The lowest BCUT2D eigenvalue weighted by Gasteiger charge is -2.41. The number of ether oxygens (including phenoxy) is 2. The summed E-state index contributed by atoms with van der Waals surface area (Å²) in [6.07, 6.45) is 3.87. The fraction of sp³-hybridized carbons (Fsp3) is 0.455. The zero-order valence-electron chi connectivity index (χ0n) is 23.1. The number of nitrogens with zero attached hydrogens (tertiary/aromatic N) is 2. The van der Waals surface area contributed by atoms with E-state index >= 15 is 0 Å². The van der Waals surface area contributed by atoms with Crippen LogP contribution in [0.3, 0.4) is 0 Å². The molecule has 0 amide bonds. The van der Waals surface area contributed by atoms with Gasteiger partial charge in [-0.1, -0.05) is 56.3 Å². The molecule has 198 valence electrons. The largest absolute Gasteiger partial charge is 0.491 e. The first kappa shape index (κ1) is 27.1. The van der Waals surface area contributed by atoms with Gasteiger partial charge in [0.05, 0.1) is 6.10 Å². The normalized spacial score (nSPS) is 16.2. The maximum Gasteiger partial charge on any atom is 0.119 e. The van der Waals surface area contributed by atoms with Gasteiger partial charge in [0.25, 0.3) is 0 Å². The molecule has 1 heterocycles. The molecule has 0 bridgehead atoms. The molecule has 1 atom stereocenters. The van der Waals surface area contributed by atoms with Crippen molar-refractivity contribution in [3.63, 3.8) is 0 Å². The Labute approximate surface area is 224 Å². The summed E-state index contributed by atoms with van der Waals surface area (Å²) in [5.41, 5.74) is 3.84. The maximum atomic E-state index is 6.05. The van der Waals surface area contributed by atoms with Crippen molar-refractivity contribution in [3.8, 4) is 11.5 Å². The van der Waals surface area contributed by atoms with E-state index in [0.29, 0.717) is 18.6 Å². The molecule has 0 saturated carbocycles. The van der Waals surface area contributed by atoms with Gasteiger partial charge in [-0.3, -0.25) is 4.90 Å². The van der Waals surface area contributed by atoms with Gasteiger partial charge in [-0.05, 0) is 93.1 Å². The molecule has 4 heteroatoms. The minimum absolute atomic E-state index is 0.204. The molecule has 3 aromatic rings. The molecule has 4 nitrogen and oxygen atoms in total. The predicted molar refractivity (Wildman–Crippen MR) is 155 cm³/mol. The van der Waals surface area contributed by atoms with Crippen LogP contribution in [-0.2, 0) is 13.2 Å². The number of rotatable bonds is 12. The first-order chi connectivity index (χ1) is 18.0. The van der Waals surface area contributed by atoms with E-state index in [1.807, 2.05) is 6.07 Å². The highest BCUT2D eigenvalue weighted by atomic mass is 16.5. The van der Waals surface area contributed by atoms with E-state index in [2.05, 4.69) is 110 Å². The van der Waals surface area contributed by atoms with Crippen LogP contribution < -0.4 is 14.4 Å². The monoisotopic (exact) mass is 500 g/mol. The smallest absolute Gasteiger partial charge is 0.119 e. The first-order valence-electron chi connectivity index (χ1n) is 14.0. The Morgan fingerprint density at radius 1 is 0.838 bits per heavy atom. The first-order valence-corrected chi connectivity index (χ1v) is 14.0. The summed E-state index contributed by atoms with van der Waals surface area (Å²) >= 11 is 0. The zero-order valence-corrected chi connectivity index (χ0v) is 23.1. The van der Waals surface area contributed by atoms with E-state index < -0.39 is 0 Å². The molecule has 1 unspecified atom stereocenters. The topological polar surface area (TPSA) is 24.9 Å². The standard InChI is InChI=1S/C33H44N2O2/c1-26(2)20-22-35(30-14-18-32(19-15-30)36-25-29-9-6-5-7-10-29)31-11-8-21-34(24-31)23-28-12-16-33(17-13-28)37-27(3)4/h5-7,9-10,12-19,26-27,31H,8,11,20-25H2,1-4H3. The third-order valence-electron chi connectivity index (χ3n) is 6.99. The fourth-order valence-corrected chi connectivity index (χ4v) is 5.03. The van der Waals surface area contributed by atoms with Crippen molar-refractivity contribution in [2.45, 2.75) is 72.3 Å². The molecule has 0 spiro atoms. The van der Waals surface area contributed by atoms with Gasteiger partial charge in [-0.25, -0.2) is 0 Å². The van der Waals surface area contributed by atoms with Crippen LogP contribution in [0.1, 0.15) is 58.1 Å². The Bertz CT molecular complexity index is 1050. The van der Waals surface area contributed by atoms with Crippen LogP contribution in [0.5, 0.6) is 11.5 Å².